The van der Waals surface area contributed by atoms with E-state index in [1.165, 1.54) is 30.3 Å². The van der Waals surface area contributed by atoms with E-state index in [1.54, 1.807) is 19.1 Å². The maximum absolute atomic E-state index is 12.7. The number of hydrogen-bond donors (Lipinski definition) is 1. The van der Waals surface area contributed by atoms with Gasteiger partial charge in [0, 0.05) is 16.8 Å². The van der Waals surface area contributed by atoms with E-state index in [-0.39, 0.29) is 33.8 Å². The van der Waals surface area contributed by atoms with Crippen LogP contribution in [-0.4, -0.2) is 36.9 Å². The molecule has 0 bridgehead atoms. The third-order valence-corrected chi connectivity index (χ3v) is 6.95. The number of fused-ring (bicyclic) bond motifs is 1. The minimum Gasteiger partial charge on any atom is -0.465 e. The average molecular weight is 534 g/mol. The lowest BCUT2D eigenvalue weighted by Gasteiger charge is -2.10. The first kappa shape index (κ1) is 24.8. The minimum atomic E-state index is -4.20. The Labute approximate surface area is 212 Å². The molecule has 0 aliphatic heterocycles. The Hall–Kier alpha value is -3.27. The number of esters is 1. The zero-order valence-electron chi connectivity index (χ0n) is 18.8. The summed E-state index contributed by atoms with van der Waals surface area (Å²) >= 11 is 11.9. The quantitative estimate of drug-likeness (QED) is 0.240. The Morgan fingerprint density at radius 1 is 1.09 bits per heavy atom. The van der Waals surface area contributed by atoms with Gasteiger partial charge in [0.25, 0.3) is 0 Å². The van der Waals surface area contributed by atoms with Crippen molar-refractivity contribution in [3.05, 3.63) is 76.4 Å². The molecular formula is C24H21Cl2N3O5S. The molecule has 0 aliphatic carbocycles. The van der Waals surface area contributed by atoms with Crippen LogP contribution in [0.2, 0.25) is 10.0 Å². The predicted molar refractivity (Wildman–Crippen MR) is 135 cm³/mol. The van der Waals surface area contributed by atoms with E-state index in [9.17, 15) is 13.2 Å². The van der Waals surface area contributed by atoms with Gasteiger partial charge in [-0.25, -0.2) is 4.98 Å². The Morgan fingerprint density at radius 3 is 2.54 bits per heavy atom. The summed E-state index contributed by atoms with van der Waals surface area (Å²) in [4.78, 5) is 16.4. The fourth-order valence-corrected chi connectivity index (χ4v) is 5.06. The summed E-state index contributed by atoms with van der Waals surface area (Å²) in [6.07, 6.45) is 1.85. The molecule has 0 saturated heterocycles. The van der Waals surface area contributed by atoms with Crippen molar-refractivity contribution in [1.82, 2.24) is 9.38 Å². The van der Waals surface area contributed by atoms with Gasteiger partial charge in [0.1, 0.15) is 34.3 Å². The summed E-state index contributed by atoms with van der Waals surface area (Å²) in [6, 6.07) is 14.3. The molecule has 8 nitrogen and oxygen atoms in total. The van der Waals surface area contributed by atoms with Crippen LogP contribution in [0.3, 0.4) is 0 Å². The van der Waals surface area contributed by atoms with Crippen LogP contribution in [0.5, 0.6) is 5.75 Å². The van der Waals surface area contributed by atoms with Gasteiger partial charge in [-0.15, -0.1) is 0 Å². The van der Waals surface area contributed by atoms with Crippen molar-refractivity contribution >= 4 is 50.8 Å². The van der Waals surface area contributed by atoms with Crippen LogP contribution in [0, 0.1) is 6.92 Å². The van der Waals surface area contributed by atoms with Crippen LogP contribution >= 0.6 is 23.2 Å². The van der Waals surface area contributed by atoms with Crippen LogP contribution in [0.1, 0.15) is 12.5 Å². The number of hydrogen-bond acceptors (Lipinski definition) is 7. The smallest absolute Gasteiger partial charge is 0.340 e. The summed E-state index contributed by atoms with van der Waals surface area (Å²) in [5, 5.41) is 3.32. The highest BCUT2D eigenvalue weighted by atomic mass is 35.5. The largest absolute Gasteiger partial charge is 0.465 e. The zero-order valence-corrected chi connectivity index (χ0v) is 21.1. The number of benzene rings is 2. The Morgan fingerprint density at radius 2 is 1.83 bits per heavy atom. The molecule has 11 heteroatoms. The van der Waals surface area contributed by atoms with Gasteiger partial charge in [-0.2, -0.15) is 8.42 Å². The van der Waals surface area contributed by atoms with E-state index in [2.05, 4.69) is 5.32 Å². The van der Waals surface area contributed by atoms with Gasteiger partial charge in [-0.3, -0.25) is 9.20 Å². The molecule has 4 rings (SSSR count). The molecule has 0 radical (unpaired) electrons. The van der Waals surface area contributed by atoms with E-state index in [1.807, 2.05) is 29.7 Å². The average Bonchev–Trinajstić information content (AvgIpc) is 3.17. The fourth-order valence-electron chi connectivity index (χ4n) is 3.39. The molecule has 0 amide bonds. The van der Waals surface area contributed by atoms with E-state index < -0.39 is 16.1 Å². The number of halogens is 2. The van der Waals surface area contributed by atoms with Crippen LogP contribution < -0.4 is 9.50 Å². The lowest BCUT2D eigenvalue weighted by atomic mass is 10.1. The number of anilines is 1. The third kappa shape index (κ3) is 5.53. The standard InChI is InChI=1S/C24H21Cl2N3O5S/c1-3-33-22(30)14-27-24-23(28-21-12-15(2)10-11-29(21)24)16-4-7-18(8-5-16)34-35(31,32)20-13-17(25)6-9-19(20)26/h4-13,27H,3,14H2,1-2H3. The molecule has 0 atom stereocenters. The van der Waals surface area contributed by atoms with Crippen molar-refractivity contribution in [3.63, 3.8) is 0 Å². The van der Waals surface area contributed by atoms with E-state index in [0.29, 0.717) is 22.7 Å². The first-order valence-corrected chi connectivity index (χ1v) is 12.7. The summed E-state index contributed by atoms with van der Waals surface area (Å²) in [5.41, 5.74) is 2.97. The van der Waals surface area contributed by atoms with Crippen molar-refractivity contribution in [3.8, 4) is 17.0 Å². The van der Waals surface area contributed by atoms with Crippen LogP contribution in [0.4, 0.5) is 5.82 Å². The molecule has 35 heavy (non-hydrogen) atoms. The lowest BCUT2D eigenvalue weighted by molar-refractivity contribution is -0.140. The molecule has 0 unspecified atom stereocenters. The van der Waals surface area contributed by atoms with Crippen molar-refractivity contribution in [2.75, 3.05) is 18.5 Å². The summed E-state index contributed by atoms with van der Waals surface area (Å²) in [6.45, 7) is 3.94. The van der Waals surface area contributed by atoms with Crippen molar-refractivity contribution in [2.45, 2.75) is 18.7 Å². The number of aryl methyl sites for hydroxylation is 1. The third-order valence-electron chi connectivity index (χ3n) is 4.98. The Kier molecular flexibility index (Phi) is 7.20. The molecule has 0 spiro atoms. The Bertz CT molecular complexity index is 1500. The number of carbonyl (C=O) groups is 1. The van der Waals surface area contributed by atoms with E-state index >= 15 is 0 Å². The maximum Gasteiger partial charge on any atom is 0.340 e. The number of pyridine rings is 1. The predicted octanol–water partition coefficient (Wildman–Crippen LogP) is 5.36. The molecular weight excluding hydrogens is 513 g/mol. The molecule has 0 aliphatic rings. The maximum atomic E-state index is 12.7. The number of imidazole rings is 1. The van der Waals surface area contributed by atoms with Gasteiger partial charge in [0.05, 0.1) is 11.6 Å². The Balaban J connectivity index is 1.65. The first-order valence-electron chi connectivity index (χ1n) is 10.6. The molecule has 2 aromatic heterocycles. The van der Waals surface area contributed by atoms with E-state index in [0.717, 1.165) is 5.56 Å². The molecule has 0 fully saturated rings. The molecule has 182 valence electrons. The number of carbonyl (C=O) groups excluding carboxylic acids is 1. The summed E-state index contributed by atoms with van der Waals surface area (Å²) in [5.74, 6) is 0.291. The van der Waals surface area contributed by atoms with Crippen molar-refractivity contribution in [1.29, 1.82) is 0 Å². The number of nitrogens with one attached hydrogen (secondary N) is 1. The zero-order chi connectivity index (χ0) is 25.2. The van der Waals surface area contributed by atoms with Gasteiger partial charge in [-0.05, 0) is 74.0 Å². The van der Waals surface area contributed by atoms with Gasteiger partial charge in [0.15, 0.2) is 0 Å². The first-order chi connectivity index (χ1) is 16.7. The normalized spacial score (nSPS) is 11.4. The molecule has 2 heterocycles. The SMILES string of the molecule is CCOC(=O)CNc1c(-c2ccc(OS(=O)(=O)c3cc(Cl)ccc3Cl)cc2)nc2cc(C)ccn12. The summed E-state index contributed by atoms with van der Waals surface area (Å²) in [7, 11) is -4.20. The second-order valence-electron chi connectivity index (χ2n) is 7.54. The highest BCUT2D eigenvalue weighted by molar-refractivity contribution is 7.87. The van der Waals surface area contributed by atoms with Crippen molar-refractivity contribution in [2.24, 2.45) is 0 Å². The number of ether oxygens (including phenoxy) is 1. The highest BCUT2D eigenvalue weighted by Gasteiger charge is 2.22. The van der Waals surface area contributed by atoms with Crippen LogP contribution in [0.15, 0.2) is 65.7 Å². The minimum absolute atomic E-state index is 0.00308. The second kappa shape index (κ2) is 10.2. The summed E-state index contributed by atoms with van der Waals surface area (Å²) < 4.78 is 37.5. The van der Waals surface area contributed by atoms with Crippen LogP contribution in [0.25, 0.3) is 16.9 Å². The van der Waals surface area contributed by atoms with Gasteiger partial charge in [-0.1, -0.05) is 23.2 Å². The number of rotatable bonds is 8. The number of nitrogens with zero attached hydrogens (tertiary/aromatic N) is 2. The molecule has 0 saturated carbocycles. The lowest BCUT2D eigenvalue weighted by Crippen LogP contribution is -2.17. The monoisotopic (exact) mass is 533 g/mol. The van der Waals surface area contributed by atoms with Crippen LogP contribution in [-0.2, 0) is 19.6 Å². The molecule has 1 N–H and O–H groups in total. The van der Waals surface area contributed by atoms with Gasteiger partial charge in [0.2, 0.25) is 0 Å². The molecule has 4 aromatic rings. The number of aromatic nitrogens is 2. The highest BCUT2D eigenvalue weighted by Crippen LogP contribution is 2.32. The topological polar surface area (TPSA) is 99.0 Å². The second-order valence-corrected chi connectivity index (χ2v) is 9.89. The van der Waals surface area contributed by atoms with Gasteiger partial charge < -0.3 is 14.2 Å². The van der Waals surface area contributed by atoms with Crippen molar-refractivity contribution < 1.29 is 22.1 Å². The molecule has 2 aromatic carbocycles. The fraction of sp³-hybridized carbons (Fsp3) is 0.167. The van der Waals surface area contributed by atoms with E-state index in [4.69, 9.17) is 37.1 Å². The van der Waals surface area contributed by atoms with Gasteiger partial charge >= 0.3 is 16.1 Å².